The van der Waals surface area contributed by atoms with Crippen molar-refractivity contribution in [3.8, 4) is 0 Å². The van der Waals surface area contributed by atoms with Crippen molar-refractivity contribution in [2.24, 2.45) is 0 Å². The second-order valence-corrected chi connectivity index (χ2v) is 4.32. The van der Waals surface area contributed by atoms with E-state index >= 15 is 0 Å². The number of rotatable bonds is 8. The number of nitrogen functional groups attached to an aromatic ring is 1. The number of benzene rings is 1. The normalized spacial score (nSPS) is 10.2. The zero-order valence-electron chi connectivity index (χ0n) is 11.7. The van der Waals surface area contributed by atoms with E-state index in [9.17, 15) is 4.79 Å². The molecule has 1 rings (SSSR count). The molecule has 5 nitrogen and oxygen atoms in total. The van der Waals surface area contributed by atoms with Crippen LogP contribution >= 0.6 is 0 Å². The SMILES string of the molecule is CCCN(CC(=O)NCCOC)c1ccccc1N. The smallest absolute Gasteiger partial charge is 0.239 e. The molecule has 0 bridgehead atoms. The lowest BCUT2D eigenvalue weighted by atomic mass is 10.2. The molecule has 0 aliphatic heterocycles. The van der Waals surface area contributed by atoms with Gasteiger partial charge in [0.15, 0.2) is 0 Å². The fourth-order valence-corrected chi connectivity index (χ4v) is 1.85. The molecule has 0 unspecified atom stereocenters. The average Bonchev–Trinajstić information content (AvgIpc) is 2.39. The number of ether oxygens (including phenoxy) is 1. The molecule has 0 aromatic heterocycles. The quantitative estimate of drug-likeness (QED) is 0.548. The minimum absolute atomic E-state index is 0.0197. The molecule has 0 saturated heterocycles. The first-order valence-electron chi connectivity index (χ1n) is 6.54. The van der Waals surface area contributed by atoms with Gasteiger partial charge in [0.05, 0.1) is 24.5 Å². The van der Waals surface area contributed by atoms with Crippen LogP contribution in [-0.4, -0.2) is 39.3 Å². The van der Waals surface area contributed by atoms with Crippen LogP contribution in [-0.2, 0) is 9.53 Å². The molecule has 1 aromatic carbocycles. The highest BCUT2D eigenvalue weighted by atomic mass is 16.5. The van der Waals surface area contributed by atoms with E-state index in [-0.39, 0.29) is 5.91 Å². The summed E-state index contributed by atoms with van der Waals surface area (Å²) >= 11 is 0. The monoisotopic (exact) mass is 265 g/mol. The molecule has 0 radical (unpaired) electrons. The van der Waals surface area contributed by atoms with E-state index < -0.39 is 0 Å². The van der Waals surface area contributed by atoms with Crippen molar-refractivity contribution < 1.29 is 9.53 Å². The fourth-order valence-electron chi connectivity index (χ4n) is 1.85. The number of nitrogens with one attached hydrogen (secondary N) is 1. The Morgan fingerprint density at radius 2 is 2.16 bits per heavy atom. The first-order chi connectivity index (χ1) is 9.19. The van der Waals surface area contributed by atoms with E-state index in [4.69, 9.17) is 10.5 Å². The molecule has 1 amide bonds. The van der Waals surface area contributed by atoms with Gasteiger partial charge in [-0.3, -0.25) is 4.79 Å². The van der Waals surface area contributed by atoms with E-state index in [0.717, 1.165) is 18.7 Å². The minimum Gasteiger partial charge on any atom is -0.397 e. The van der Waals surface area contributed by atoms with Crippen LogP contribution in [0.2, 0.25) is 0 Å². The molecule has 0 aliphatic rings. The van der Waals surface area contributed by atoms with E-state index in [1.807, 2.05) is 29.2 Å². The van der Waals surface area contributed by atoms with Crippen molar-refractivity contribution in [2.45, 2.75) is 13.3 Å². The number of nitrogens with zero attached hydrogens (tertiary/aromatic N) is 1. The third-order valence-electron chi connectivity index (χ3n) is 2.73. The van der Waals surface area contributed by atoms with Crippen molar-refractivity contribution in [1.82, 2.24) is 5.32 Å². The zero-order valence-corrected chi connectivity index (χ0v) is 11.7. The summed E-state index contributed by atoms with van der Waals surface area (Å²) in [7, 11) is 1.61. The summed E-state index contributed by atoms with van der Waals surface area (Å²) < 4.78 is 4.90. The lowest BCUT2D eigenvalue weighted by Gasteiger charge is -2.25. The van der Waals surface area contributed by atoms with Gasteiger partial charge in [-0.2, -0.15) is 0 Å². The van der Waals surface area contributed by atoms with E-state index in [2.05, 4.69) is 12.2 Å². The molecule has 0 fully saturated rings. The molecule has 0 atom stereocenters. The van der Waals surface area contributed by atoms with E-state index in [1.165, 1.54) is 0 Å². The van der Waals surface area contributed by atoms with Gasteiger partial charge in [0, 0.05) is 20.2 Å². The largest absolute Gasteiger partial charge is 0.397 e. The lowest BCUT2D eigenvalue weighted by molar-refractivity contribution is -0.119. The molecule has 0 aliphatic carbocycles. The van der Waals surface area contributed by atoms with Crippen molar-refractivity contribution in [1.29, 1.82) is 0 Å². The number of amides is 1. The van der Waals surface area contributed by atoms with Gasteiger partial charge in [-0.25, -0.2) is 0 Å². The number of hydrogen-bond donors (Lipinski definition) is 2. The maximum atomic E-state index is 11.8. The maximum Gasteiger partial charge on any atom is 0.239 e. The summed E-state index contributed by atoms with van der Waals surface area (Å²) in [6, 6.07) is 7.60. The van der Waals surface area contributed by atoms with E-state index in [0.29, 0.717) is 25.4 Å². The molecule has 0 spiro atoms. The standard InChI is InChI=1S/C14H23N3O2/c1-3-9-17(11-14(18)16-8-10-19-2)13-7-5-4-6-12(13)15/h4-7H,3,8-11,15H2,1-2H3,(H,16,18). The summed E-state index contributed by atoms with van der Waals surface area (Å²) in [5.41, 5.74) is 7.56. The Morgan fingerprint density at radius 3 is 2.79 bits per heavy atom. The number of methoxy groups -OCH3 is 1. The molecule has 106 valence electrons. The van der Waals surface area contributed by atoms with Crippen LogP contribution in [0, 0.1) is 0 Å². The van der Waals surface area contributed by atoms with Crippen LogP contribution in [0.5, 0.6) is 0 Å². The minimum atomic E-state index is -0.0197. The molecule has 0 heterocycles. The van der Waals surface area contributed by atoms with Gasteiger partial charge in [0.2, 0.25) is 5.91 Å². The number of hydrogen-bond acceptors (Lipinski definition) is 4. The molecule has 1 aromatic rings. The number of para-hydroxylation sites is 2. The third kappa shape index (κ3) is 5.18. The Labute approximate surface area is 114 Å². The molecule has 0 saturated carbocycles. The van der Waals surface area contributed by atoms with Crippen LogP contribution in [0.3, 0.4) is 0 Å². The second-order valence-electron chi connectivity index (χ2n) is 4.32. The van der Waals surface area contributed by atoms with Gasteiger partial charge in [0.1, 0.15) is 0 Å². The highest BCUT2D eigenvalue weighted by Crippen LogP contribution is 2.22. The highest BCUT2D eigenvalue weighted by molar-refractivity contribution is 5.83. The Bertz CT molecular complexity index is 396. The zero-order chi connectivity index (χ0) is 14.1. The molecular weight excluding hydrogens is 242 g/mol. The van der Waals surface area contributed by atoms with Gasteiger partial charge < -0.3 is 20.7 Å². The molecular formula is C14H23N3O2. The van der Waals surface area contributed by atoms with Crippen LogP contribution < -0.4 is 16.0 Å². The van der Waals surface area contributed by atoms with Gasteiger partial charge in [-0.15, -0.1) is 0 Å². The van der Waals surface area contributed by atoms with Crippen LogP contribution in [0.4, 0.5) is 11.4 Å². The predicted molar refractivity (Wildman–Crippen MR) is 78.2 cm³/mol. The highest BCUT2D eigenvalue weighted by Gasteiger charge is 2.12. The third-order valence-corrected chi connectivity index (χ3v) is 2.73. The lowest BCUT2D eigenvalue weighted by Crippen LogP contribution is -2.39. The first kappa shape index (κ1) is 15.3. The summed E-state index contributed by atoms with van der Waals surface area (Å²) in [5, 5.41) is 2.82. The summed E-state index contributed by atoms with van der Waals surface area (Å²) in [4.78, 5) is 13.8. The molecule has 19 heavy (non-hydrogen) atoms. The summed E-state index contributed by atoms with van der Waals surface area (Å²) in [5.74, 6) is -0.0197. The van der Waals surface area contributed by atoms with Crippen LogP contribution in [0.1, 0.15) is 13.3 Å². The number of carbonyl (C=O) groups excluding carboxylic acids is 1. The van der Waals surface area contributed by atoms with Gasteiger partial charge in [-0.05, 0) is 18.6 Å². The predicted octanol–water partition coefficient (Wildman–Crippen LogP) is 1.25. The van der Waals surface area contributed by atoms with Crippen molar-refractivity contribution in [3.63, 3.8) is 0 Å². The number of carbonyl (C=O) groups is 1. The van der Waals surface area contributed by atoms with E-state index in [1.54, 1.807) is 7.11 Å². The van der Waals surface area contributed by atoms with Gasteiger partial charge in [0.25, 0.3) is 0 Å². The van der Waals surface area contributed by atoms with Crippen molar-refractivity contribution in [3.05, 3.63) is 24.3 Å². The number of nitrogens with two attached hydrogens (primary N) is 1. The maximum absolute atomic E-state index is 11.8. The fraction of sp³-hybridized carbons (Fsp3) is 0.500. The van der Waals surface area contributed by atoms with Crippen LogP contribution in [0.25, 0.3) is 0 Å². The summed E-state index contributed by atoms with van der Waals surface area (Å²) in [6.45, 7) is 4.24. The van der Waals surface area contributed by atoms with Gasteiger partial charge in [-0.1, -0.05) is 19.1 Å². The Balaban J connectivity index is 2.63. The Kier molecular flexibility index (Phi) is 6.74. The first-order valence-corrected chi connectivity index (χ1v) is 6.54. The second kappa shape index (κ2) is 8.37. The Morgan fingerprint density at radius 1 is 1.42 bits per heavy atom. The Hall–Kier alpha value is -1.75. The van der Waals surface area contributed by atoms with Gasteiger partial charge >= 0.3 is 0 Å². The number of anilines is 2. The summed E-state index contributed by atoms with van der Waals surface area (Å²) in [6.07, 6.45) is 0.958. The van der Waals surface area contributed by atoms with Crippen LogP contribution in [0.15, 0.2) is 24.3 Å². The topological polar surface area (TPSA) is 67.6 Å². The van der Waals surface area contributed by atoms with Crippen molar-refractivity contribution >= 4 is 17.3 Å². The molecule has 5 heteroatoms. The van der Waals surface area contributed by atoms with Crippen molar-refractivity contribution in [2.75, 3.05) is 44.0 Å². The average molecular weight is 265 g/mol. The molecule has 3 N–H and O–H groups in total.